The Balaban J connectivity index is 2.09. The second-order valence-corrected chi connectivity index (χ2v) is 8.66. The molecule has 0 atom stereocenters. The molecular weight excluding hydrogens is 394 g/mol. The average Bonchev–Trinajstić information content (AvgIpc) is 2.61. The summed E-state index contributed by atoms with van der Waals surface area (Å²) in [4.78, 5) is 12.3. The Hall–Kier alpha value is -2.91. The molecule has 2 rings (SSSR count). The summed E-state index contributed by atoms with van der Waals surface area (Å²) in [5, 5.41) is 13.8. The number of carbonyl (C=O) groups is 1. The highest BCUT2D eigenvalue weighted by Crippen LogP contribution is 2.28. The summed E-state index contributed by atoms with van der Waals surface area (Å²) in [5.41, 5.74) is 4.82. The van der Waals surface area contributed by atoms with Gasteiger partial charge in [0.25, 0.3) is 5.91 Å². The number of phenolic OH excluding ortho intramolecular Hbond substituents is 1. The van der Waals surface area contributed by atoms with E-state index in [0.29, 0.717) is 16.7 Å². The molecular formula is C20H25N3O5S. The predicted molar refractivity (Wildman–Crippen MR) is 111 cm³/mol. The molecule has 8 nitrogen and oxygen atoms in total. The van der Waals surface area contributed by atoms with Gasteiger partial charge in [-0.2, -0.15) is 9.41 Å². The van der Waals surface area contributed by atoms with E-state index in [1.54, 1.807) is 44.2 Å². The number of para-hydroxylation sites is 1. The number of aryl methyl sites for hydroxylation is 3. The van der Waals surface area contributed by atoms with Crippen molar-refractivity contribution >= 4 is 22.1 Å². The van der Waals surface area contributed by atoms with Crippen LogP contribution in [-0.2, 0) is 14.8 Å². The number of rotatable bonds is 7. The molecule has 0 aromatic heterocycles. The molecule has 0 aliphatic heterocycles. The monoisotopic (exact) mass is 419 g/mol. The van der Waals surface area contributed by atoms with E-state index in [-0.39, 0.29) is 16.4 Å². The second kappa shape index (κ2) is 9.06. The third-order valence-electron chi connectivity index (χ3n) is 4.28. The van der Waals surface area contributed by atoms with Crippen molar-refractivity contribution in [3.05, 3.63) is 52.6 Å². The Morgan fingerprint density at radius 1 is 1.24 bits per heavy atom. The number of amides is 1. The fraction of sp³-hybridized carbons (Fsp3) is 0.300. The van der Waals surface area contributed by atoms with Gasteiger partial charge < -0.3 is 9.84 Å². The van der Waals surface area contributed by atoms with Gasteiger partial charge in [0.05, 0.1) is 24.8 Å². The van der Waals surface area contributed by atoms with E-state index in [1.807, 2.05) is 6.92 Å². The van der Waals surface area contributed by atoms with Gasteiger partial charge in [-0.15, -0.1) is 0 Å². The third kappa shape index (κ3) is 5.12. The Labute approximate surface area is 170 Å². The predicted octanol–water partition coefficient (Wildman–Crippen LogP) is 2.10. The van der Waals surface area contributed by atoms with E-state index in [2.05, 4.69) is 10.5 Å². The fourth-order valence-corrected chi connectivity index (χ4v) is 4.56. The van der Waals surface area contributed by atoms with Crippen molar-refractivity contribution in [1.82, 2.24) is 9.73 Å². The van der Waals surface area contributed by atoms with E-state index in [1.165, 1.54) is 20.4 Å². The van der Waals surface area contributed by atoms with Crippen LogP contribution in [0.1, 0.15) is 22.3 Å². The second-order valence-electron chi connectivity index (χ2n) is 6.68. The van der Waals surface area contributed by atoms with Crippen LogP contribution in [0.15, 0.2) is 40.3 Å². The van der Waals surface area contributed by atoms with Crippen molar-refractivity contribution in [2.75, 3.05) is 20.7 Å². The molecule has 0 saturated carbocycles. The van der Waals surface area contributed by atoms with Crippen molar-refractivity contribution in [3.63, 3.8) is 0 Å². The Kier molecular flexibility index (Phi) is 6.99. The van der Waals surface area contributed by atoms with E-state index in [9.17, 15) is 18.3 Å². The standard InChI is InChI=1S/C20H25N3O5S/c1-13-9-14(2)20(15(3)10-13)29(26,27)23(4)12-18(24)22-21-11-16-7-6-8-17(28-5)19(16)25/h6-11,25H,12H2,1-5H3,(H,22,24)/b21-11-. The lowest BCUT2D eigenvalue weighted by atomic mass is 10.1. The van der Waals surface area contributed by atoms with Crippen molar-refractivity contribution in [2.24, 2.45) is 5.10 Å². The zero-order valence-electron chi connectivity index (χ0n) is 17.1. The number of hydrogen-bond acceptors (Lipinski definition) is 6. The number of methoxy groups -OCH3 is 1. The maximum Gasteiger partial charge on any atom is 0.255 e. The van der Waals surface area contributed by atoms with Crippen LogP contribution in [0.4, 0.5) is 0 Å². The number of phenols is 1. The molecule has 2 N–H and O–H groups in total. The Morgan fingerprint density at radius 2 is 1.86 bits per heavy atom. The molecule has 0 saturated heterocycles. The van der Waals surface area contributed by atoms with Crippen LogP contribution in [0.25, 0.3) is 0 Å². The van der Waals surface area contributed by atoms with Gasteiger partial charge in [-0.3, -0.25) is 4.79 Å². The number of sulfonamides is 1. The first kappa shape index (κ1) is 22.4. The van der Waals surface area contributed by atoms with Gasteiger partial charge in [0.15, 0.2) is 11.5 Å². The average molecular weight is 420 g/mol. The van der Waals surface area contributed by atoms with Crippen LogP contribution in [0.5, 0.6) is 11.5 Å². The van der Waals surface area contributed by atoms with Crippen LogP contribution in [-0.4, -0.2) is 50.7 Å². The minimum Gasteiger partial charge on any atom is -0.504 e. The molecule has 0 bridgehead atoms. The van der Waals surface area contributed by atoms with Crippen molar-refractivity contribution in [2.45, 2.75) is 25.7 Å². The molecule has 0 radical (unpaired) electrons. The topological polar surface area (TPSA) is 108 Å². The normalized spacial score (nSPS) is 11.8. The largest absolute Gasteiger partial charge is 0.504 e. The van der Waals surface area contributed by atoms with Crippen LogP contribution in [0, 0.1) is 20.8 Å². The zero-order valence-corrected chi connectivity index (χ0v) is 17.9. The molecule has 0 fully saturated rings. The summed E-state index contributed by atoms with van der Waals surface area (Å²) < 4.78 is 31.8. The van der Waals surface area contributed by atoms with Crippen LogP contribution >= 0.6 is 0 Å². The van der Waals surface area contributed by atoms with E-state index >= 15 is 0 Å². The first-order valence-electron chi connectivity index (χ1n) is 8.80. The number of nitrogens with zero attached hydrogens (tertiary/aromatic N) is 2. The first-order chi connectivity index (χ1) is 13.6. The highest BCUT2D eigenvalue weighted by Gasteiger charge is 2.26. The molecule has 2 aromatic rings. The molecule has 0 unspecified atom stereocenters. The summed E-state index contributed by atoms with van der Waals surface area (Å²) in [5.74, 6) is -0.454. The minimum absolute atomic E-state index is 0.113. The van der Waals surface area contributed by atoms with Crippen LogP contribution < -0.4 is 10.2 Å². The number of hydrazone groups is 1. The summed E-state index contributed by atoms with van der Waals surface area (Å²) in [7, 11) is -1.08. The van der Waals surface area contributed by atoms with Gasteiger partial charge in [0, 0.05) is 12.6 Å². The lowest BCUT2D eigenvalue weighted by molar-refractivity contribution is -0.121. The van der Waals surface area contributed by atoms with E-state index in [4.69, 9.17) is 4.74 Å². The van der Waals surface area contributed by atoms with Gasteiger partial charge in [0.2, 0.25) is 10.0 Å². The van der Waals surface area contributed by atoms with Crippen LogP contribution in [0.3, 0.4) is 0 Å². The number of likely N-dealkylation sites (N-methyl/N-ethyl adjacent to an activating group) is 1. The van der Waals surface area contributed by atoms with Crippen molar-refractivity contribution < 1.29 is 23.1 Å². The first-order valence-corrected chi connectivity index (χ1v) is 10.2. The molecule has 0 heterocycles. The highest BCUT2D eigenvalue weighted by molar-refractivity contribution is 7.89. The third-order valence-corrected chi connectivity index (χ3v) is 6.39. The molecule has 0 aliphatic rings. The molecule has 156 valence electrons. The molecule has 29 heavy (non-hydrogen) atoms. The lowest BCUT2D eigenvalue weighted by Crippen LogP contribution is -2.37. The zero-order chi connectivity index (χ0) is 21.8. The molecule has 0 aliphatic carbocycles. The molecule has 1 amide bonds. The van der Waals surface area contributed by atoms with Gasteiger partial charge in [0.1, 0.15) is 0 Å². The SMILES string of the molecule is COc1cccc(/C=N\NC(=O)CN(C)S(=O)(=O)c2c(C)cc(C)cc2C)c1O. The number of hydrogen-bond donors (Lipinski definition) is 2. The van der Waals surface area contributed by atoms with Gasteiger partial charge in [-0.25, -0.2) is 13.8 Å². The van der Waals surface area contributed by atoms with Gasteiger partial charge >= 0.3 is 0 Å². The highest BCUT2D eigenvalue weighted by atomic mass is 32.2. The maximum absolute atomic E-state index is 12.9. The number of carbonyl (C=O) groups excluding carboxylic acids is 1. The van der Waals surface area contributed by atoms with Crippen LogP contribution in [0.2, 0.25) is 0 Å². The van der Waals surface area contributed by atoms with Crippen molar-refractivity contribution in [3.8, 4) is 11.5 Å². The molecule has 9 heteroatoms. The number of aromatic hydroxyl groups is 1. The maximum atomic E-state index is 12.9. The quantitative estimate of drug-likeness (QED) is 0.528. The summed E-state index contributed by atoms with van der Waals surface area (Å²) in [6, 6.07) is 8.42. The number of benzene rings is 2. The Bertz CT molecular complexity index is 1030. The summed E-state index contributed by atoms with van der Waals surface area (Å²) >= 11 is 0. The van der Waals surface area contributed by atoms with Crippen molar-refractivity contribution in [1.29, 1.82) is 0 Å². The fourth-order valence-electron chi connectivity index (χ4n) is 3.03. The number of ether oxygens (including phenoxy) is 1. The minimum atomic E-state index is -3.84. The van der Waals surface area contributed by atoms with Gasteiger partial charge in [-0.05, 0) is 44.0 Å². The van der Waals surface area contributed by atoms with E-state index < -0.39 is 22.5 Å². The summed E-state index contributed by atoms with van der Waals surface area (Å²) in [6.45, 7) is 4.94. The molecule has 2 aromatic carbocycles. The molecule has 0 spiro atoms. The van der Waals surface area contributed by atoms with E-state index in [0.717, 1.165) is 9.87 Å². The Morgan fingerprint density at radius 3 is 2.45 bits per heavy atom. The smallest absolute Gasteiger partial charge is 0.255 e. The lowest BCUT2D eigenvalue weighted by Gasteiger charge is -2.19. The van der Waals surface area contributed by atoms with Gasteiger partial charge in [-0.1, -0.05) is 23.8 Å². The number of nitrogens with one attached hydrogen (secondary N) is 1. The summed E-state index contributed by atoms with van der Waals surface area (Å²) in [6.07, 6.45) is 1.25.